The molecular formula is C18H15ClFN5O2S. The van der Waals surface area contributed by atoms with E-state index in [0.717, 1.165) is 17.0 Å². The number of thiazole rings is 1. The molecule has 28 heavy (non-hydrogen) atoms. The number of carbonyl (C=O) groups excluding carboxylic acids is 1. The number of benzene rings is 1. The largest absolute Gasteiger partial charge is 0.382 e. The summed E-state index contributed by atoms with van der Waals surface area (Å²) < 4.78 is 15.8. The zero-order chi connectivity index (χ0) is 19.8. The molecule has 0 aliphatic carbocycles. The lowest BCUT2D eigenvalue weighted by molar-refractivity contribution is -0.125. The fraction of sp³-hybridized carbons (Fsp3) is 0.222. The van der Waals surface area contributed by atoms with E-state index >= 15 is 0 Å². The van der Waals surface area contributed by atoms with Crippen molar-refractivity contribution in [3.63, 3.8) is 0 Å². The number of aryl methyl sites for hydroxylation is 1. The summed E-state index contributed by atoms with van der Waals surface area (Å²) in [6, 6.07) is 4.35. The maximum Gasteiger partial charge on any atom is 0.270 e. The molecular weight excluding hydrogens is 405 g/mol. The second-order valence-corrected chi connectivity index (χ2v) is 7.49. The van der Waals surface area contributed by atoms with Gasteiger partial charge in [-0.05, 0) is 19.1 Å². The number of hydrogen-bond acceptors (Lipinski definition) is 6. The van der Waals surface area contributed by atoms with E-state index in [1.54, 1.807) is 16.9 Å². The minimum Gasteiger partial charge on any atom is -0.382 e. The van der Waals surface area contributed by atoms with E-state index in [-0.39, 0.29) is 17.0 Å². The Kier molecular flexibility index (Phi) is 4.86. The van der Waals surface area contributed by atoms with Crippen LogP contribution in [0.15, 0.2) is 34.9 Å². The van der Waals surface area contributed by atoms with Crippen molar-refractivity contribution in [3.05, 3.63) is 51.9 Å². The summed E-state index contributed by atoms with van der Waals surface area (Å²) in [4.78, 5) is 22.1. The van der Waals surface area contributed by atoms with Gasteiger partial charge in [-0.3, -0.25) is 14.8 Å². The van der Waals surface area contributed by atoms with Crippen LogP contribution in [0.5, 0.6) is 0 Å². The molecule has 1 unspecified atom stereocenters. The SMILES string of the molecule is Cc1c(-c2csc(NC(=O)C3CC(c4c(F)cccc4Cl)=NO3)n2)cnn1C. The van der Waals surface area contributed by atoms with Crippen molar-refractivity contribution >= 4 is 39.7 Å². The number of amides is 1. The lowest BCUT2D eigenvalue weighted by Crippen LogP contribution is -2.28. The molecule has 7 nitrogen and oxygen atoms in total. The van der Waals surface area contributed by atoms with Crippen LogP contribution in [0.2, 0.25) is 5.02 Å². The van der Waals surface area contributed by atoms with Gasteiger partial charge in [0.05, 0.1) is 28.2 Å². The van der Waals surface area contributed by atoms with Crippen LogP contribution in [0, 0.1) is 12.7 Å². The molecule has 1 N–H and O–H groups in total. The summed E-state index contributed by atoms with van der Waals surface area (Å²) in [5.41, 5.74) is 3.06. The smallest absolute Gasteiger partial charge is 0.270 e. The number of rotatable bonds is 4. The lowest BCUT2D eigenvalue weighted by Gasteiger charge is -2.07. The van der Waals surface area contributed by atoms with Crippen LogP contribution in [0.4, 0.5) is 9.52 Å². The molecule has 1 aliphatic heterocycles. The first-order valence-electron chi connectivity index (χ1n) is 8.36. The van der Waals surface area contributed by atoms with Crippen molar-refractivity contribution < 1.29 is 14.0 Å². The Bertz CT molecular complexity index is 1070. The number of halogens is 2. The first-order valence-corrected chi connectivity index (χ1v) is 9.62. The minimum absolute atomic E-state index is 0.117. The van der Waals surface area contributed by atoms with E-state index < -0.39 is 17.8 Å². The van der Waals surface area contributed by atoms with Gasteiger partial charge >= 0.3 is 0 Å². The van der Waals surface area contributed by atoms with Gasteiger partial charge in [-0.2, -0.15) is 5.10 Å². The fourth-order valence-corrected chi connectivity index (χ4v) is 3.82. The summed E-state index contributed by atoms with van der Waals surface area (Å²) in [5, 5.41) is 13.3. The van der Waals surface area contributed by atoms with Gasteiger partial charge in [-0.1, -0.05) is 22.8 Å². The molecule has 3 aromatic rings. The predicted octanol–water partition coefficient (Wildman–Crippen LogP) is 3.78. The van der Waals surface area contributed by atoms with Crippen molar-refractivity contribution in [1.82, 2.24) is 14.8 Å². The number of nitrogens with one attached hydrogen (secondary N) is 1. The molecule has 0 radical (unpaired) electrons. The fourth-order valence-electron chi connectivity index (χ4n) is 2.83. The van der Waals surface area contributed by atoms with Crippen molar-refractivity contribution in [2.75, 3.05) is 5.32 Å². The summed E-state index contributed by atoms with van der Waals surface area (Å²) in [6.45, 7) is 1.94. The Hall–Kier alpha value is -2.78. The van der Waals surface area contributed by atoms with Gasteiger partial charge in [-0.15, -0.1) is 11.3 Å². The van der Waals surface area contributed by atoms with Crippen LogP contribution in [0.3, 0.4) is 0 Å². The van der Waals surface area contributed by atoms with Crippen LogP contribution in [-0.2, 0) is 16.7 Å². The summed E-state index contributed by atoms with van der Waals surface area (Å²) in [7, 11) is 1.85. The summed E-state index contributed by atoms with van der Waals surface area (Å²) in [5.74, 6) is -0.915. The van der Waals surface area contributed by atoms with Gasteiger partial charge in [0.2, 0.25) is 6.10 Å². The number of oxime groups is 1. The molecule has 10 heteroatoms. The third-order valence-corrected chi connectivity index (χ3v) is 5.53. The van der Waals surface area contributed by atoms with Gasteiger partial charge in [-0.25, -0.2) is 9.37 Å². The molecule has 144 valence electrons. The first kappa shape index (κ1) is 18.6. The summed E-state index contributed by atoms with van der Waals surface area (Å²) >= 11 is 7.35. The highest BCUT2D eigenvalue weighted by molar-refractivity contribution is 7.14. The molecule has 0 spiro atoms. The topological polar surface area (TPSA) is 81.4 Å². The number of hydrogen-bond donors (Lipinski definition) is 1. The Balaban J connectivity index is 1.44. The normalized spacial score (nSPS) is 16.0. The Labute approximate surface area is 168 Å². The van der Waals surface area contributed by atoms with Gasteiger partial charge in [0.25, 0.3) is 5.91 Å². The van der Waals surface area contributed by atoms with Crippen LogP contribution in [0.25, 0.3) is 11.3 Å². The Morgan fingerprint density at radius 2 is 2.29 bits per heavy atom. The molecule has 0 fully saturated rings. The number of nitrogens with zero attached hydrogens (tertiary/aromatic N) is 4. The van der Waals surface area contributed by atoms with E-state index in [0.29, 0.717) is 10.8 Å². The second-order valence-electron chi connectivity index (χ2n) is 6.23. The van der Waals surface area contributed by atoms with Gasteiger partial charge in [0, 0.05) is 30.1 Å². The number of carbonyl (C=O) groups is 1. The zero-order valence-corrected chi connectivity index (χ0v) is 16.5. The average molecular weight is 420 g/mol. The molecule has 1 aromatic carbocycles. The maximum atomic E-state index is 14.0. The standard InChI is InChI=1S/C18H15ClFN5O2S/c1-9-10(7-21-25(9)2)14-8-28-18(22-14)23-17(26)15-6-13(24-27-15)16-11(19)4-3-5-12(16)20/h3-5,7-8,15H,6H2,1-2H3,(H,22,23,26). The third-order valence-electron chi connectivity index (χ3n) is 4.46. The van der Waals surface area contributed by atoms with E-state index in [1.807, 2.05) is 19.4 Å². The van der Waals surface area contributed by atoms with Crippen molar-refractivity contribution in [2.45, 2.75) is 19.4 Å². The molecule has 1 atom stereocenters. The second kappa shape index (κ2) is 7.33. The molecule has 1 amide bonds. The number of aromatic nitrogens is 3. The Morgan fingerprint density at radius 3 is 3.00 bits per heavy atom. The molecule has 0 saturated heterocycles. The molecule has 2 aromatic heterocycles. The predicted molar refractivity (Wildman–Crippen MR) is 105 cm³/mol. The van der Waals surface area contributed by atoms with Crippen molar-refractivity contribution in [2.24, 2.45) is 12.2 Å². The maximum absolute atomic E-state index is 14.0. The van der Waals surface area contributed by atoms with Gasteiger partial charge < -0.3 is 4.84 Å². The molecule has 1 aliphatic rings. The third kappa shape index (κ3) is 3.38. The monoisotopic (exact) mass is 419 g/mol. The highest BCUT2D eigenvalue weighted by Crippen LogP contribution is 2.29. The van der Waals surface area contributed by atoms with Crippen molar-refractivity contribution in [1.29, 1.82) is 0 Å². The average Bonchev–Trinajstić information content (AvgIpc) is 3.37. The molecule has 0 saturated carbocycles. The first-order chi connectivity index (χ1) is 13.4. The molecule has 0 bridgehead atoms. The van der Waals surface area contributed by atoms with E-state index in [4.69, 9.17) is 16.4 Å². The highest BCUT2D eigenvalue weighted by Gasteiger charge is 2.31. The Morgan fingerprint density at radius 1 is 1.46 bits per heavy atom. The molecule has 3 heterocycles. The van der Waals surface area contributed by atoms with Crippen LogP contribution in [-0.4, -0.2) is 32.5 Å². The summed E-state index contributed by atoms with van der Waals surface area (Å²) in [6.07, 6.45) is 0.971. The van der Waals surface area contributed by atoms with Gasteiger partial charge in [0.15, 0.2) is 5.13 Å². The van der Waals surface area contributed by atoms with Crippen LogP contribution >= 0.6 is 22.9 Å². The van der Waals surface area contributed by atoms with E-state index in [9.17, 15) is 9.18 Å². The lowest BCUT2D eigenvalue weighted by atomic mass is 10.0. The number of anilines is 1. The molecule has 4 rings (SSSR count). The van der Waals surface area contributed by atoms with Gasteiger partial charge in [0.1, 0.15) is 5.82 Å². The van der Waals surface area contributed by atoms with E-state index in [2.05, 4.69) is 20.6 Å². The zero-order valence-electron chi connectivity index (χ0n) is 14.9. The van der Waals surface area contributed by atoms with E-state index in [1.165, 1.54) is 23.5 Å². The van der Waals surface area contributed by atoms with Crippen molar-refractivity contribution in [3.8, 4) is 11.3 Å². The quantitative estimate of drug-likeness (QED) is 0.697. The highest BCUT2D eigenvalue weighted by atomic mass is 35.5. The van der Waals surface area contributed by atoms with Crippen LogP contribution in [0.1, 0.15) is 17.7 Å². The minimum atomic E-state index is -0.877. The van der Waals surface area contributed by atoms with Crippen LogP contribution < -0.4 is 5.32 Å².